The lowest BCUT2D eigenvalue weighted by Crippen LogP contribution is -2.35. The van der Waals surface area contributed by atoms with Crippen LogP contribution < -0.4 is 9.04 Å². The van der Waals surface area contributed by atoms with Crippen molar-refractivity contribution in [3.63, 3.8) is 0 Å². The van der Waals surface area contributed by atoms with Crippen molar-refractivity contribution in [3.05, 3.63) is 82.4 Å². The minimum atomic E-state index is -4.45. The number of aromatic hydroxyl groups is 1. The second-order valence-corrected chi connectivity index (χ2v) is 10.1. The molecule has 1 heterocycles. The number of carbonyl (C=O) groups excluding carboxylic acids is 1. The Morgan fingerprint density at radius 3 is 2.47 bits per heavy atom. The van der Waals surface area contributed by atoms with Crippen LogP contribution in [-0.2, 0) is 21.9 Å². The molecule has 1 aromatic heterocycles. The number of carbonyl (C=O) groups is 1. The predicted molar refractivity (Wildman–Crippen MR) is 139 cm³/mol. The molecule has 0 aliphatic heterocycles. The highest BCUT2D eigenvalue weighted by molar-refractivity contribution is 7.92. The van der Waals surface area contributed by atoms with Crippen molar-refractivity contribution in [2.24, 2.45) is 17.3 Å². The van der Waals surface area contributed by atoms with Crippen LogP contribution in [0.2, 0.25) is 0 Å². The summed E-state index contributed by atoms with van der Waals surface area (Å²) >= 11 is 0. The summed E-state index contributed by atoms with van der Waals surface area (Å²) < 4.78 is 34.6. The quantitative estimate of drug-likeness (QED) is 0.195. The van der Waals surface area contributed by atoms with Crippen molar-refractivity contribution < 1.29 is 28.0 Å². The van der Waals surface area contributed by atoms with Gasteiger partial charge in [-0.25, -0.2) is 8.42 Å². The van der Waals surface area contributed by atoms with Gasteiger partial charge in [0, 0.05) is 24.1 Å². The fraction of sp³-hybridized carbons (Fsp3) is 0.160. The van der Waals surface area contributed by atoms with Crippen LogP contribution in [0.1, 0.15) is 5.56 Å². The number of anilines is 1. The third-order valence-corrected chi connectivity index (χ3v) is 7.69. The SMILES string of the molecule is COc1ccc(N(CC(=O)N=Nc2c(O)n(C)c3ccccc23)S(=O)(=O)c2ccc(C)c([N+](=O)[O-])c2)cc1. The maximum absolute atomic E-state index is 13.6. The maximum Gasteiger partial charge on any atom is 0.285 e. The molecule has 0 atom stereocenters. The minimum Gasteiger partial charge on any atom is -0.497 e. The topological polar surface area (TPSA) is 157 Å². The van der Waals surface area contributed by atoms with Crippen LogP contribution in [-0.4, -0.2) is 42.6 Å². The first-order valence-corrected chi connectivity index (χ1v) is 12.6. The van der Waals surface area contributed by atoms with Crippen LogP contribution in [0.25, 0.3) is 10.9 Å². The number of sulfonamides is 1. The number of aromatic nitrogens is 1. The summed E-state index contributed by atoms with van der Waals surface area (Å²) in [7, 11) is -1.38. The molecule has 0 radical (unpaired) electrons. The summed E-state index contributed by atoms with van der Waals surface area (Å²) in [4.78, 5) is 23.3. The van der Waals surface area contributed by atoms with E-state index in [9.17, 15) is 28.4 Å². The number of benzene rings is 3. The molecule has 0 aliphatic carbocycles. The standard InChI is InChI=1S/C25H23N5O7S/c1-16-8-13-19(14-22(16)30(33)34)38(35,36)29(17-9-11-18(37-3)12-10-17)15-23(31)26-27-24-20-6-4-5-7-21(20)28(2)25(24)32/h4-14,32H,15H2,1-3H3. The van der Waals surface area contributed by atoms with Crippen LogP contribution in [0.15, 0.2) is 81.9 Å². The molecule has 13 heteroatoms. The van der Waals surface area contributed by atoms with Crippen molar-refractivity contribution in [3.8, 4) is 11.6 Å². The normalized spacial score (nSPS) is 11.7. The number of nitro groups is 1. The fourth-order valence-electron chi connectivity index (χ4n) is 3.86. The number of methoxy groups -OCH3 is 1. The fourth-order valence-corrected chi connectivity index (χ4v) is 5.29. The molecule has 4 rings (SSSR count). The molecule has 1 amide bonds. The molecule has 196 valence electrons. The summed E-state index contributed by atoms with van der Waals surface area (Å²) in [5, 5.41) is 30.0. The zero-order valence-electron chi connectivity index (χ0n) is 20.6. The van der Waals surface area contributed by atoms with Crippen LogP contribution >= 0.6 is 0 Å². The Morgan fingerprint density at radius 2 is 1.82 bits per heavy atom. The molecule has 0 aliphatic rings. The van der Waals surface area contributed by atoms with E-state index in [1.807, 2.05) is 0 Å². The predicted octanol–water partition coefficient (Wildman–Crippen LogP) is 4.61. The summed E-state index contributed by atoms with van der Waals surface area (Å²) in [6, 6.07) is 16.4. The third-order valence-electron chi connectivity index (χ3n) is 5.92. The van der Waals surface area contributed by atoms with Crippen LogP contribution in [0, 0.1) is 17.0 Å². The minimum absolute atomic E-state index is 0.0597. The zero-order valence-corrected chi connectivity index (χ0v) is 21.4. The Bertz CT molecular complexity index is 1680. The second kappa shape index (κ2) is 10.3. The largest absolute Gasteiger partial charge is 0.497 e. The number of nitrogens with zero attached hydrogens (tertiary/aromatic N) is 5. The van der Waals surface area contributed by atoms with E-state index in [2.05, 4.69) is 10.2 Å². The monoisotopic (exact) mass is 537 g/mol. The number of azo groups is 1. The summed E-state index contributed by atoms with van der Waals surface area (Å²) in [5.74, 6) is -0.692. The van der Waals surface area contributed by atoms with Crippen molar-refractivity contribution in [1.29, 1.82) is 0 Å². The molecule has 38 heavy (non-hydrogen) atoms. The molecule has 0 fully saturated rings. The number of nitro benzene ring substituents is 1. The Labute approximate surface area is 217 Å². The summed E-state index contributed by atoms with van der Waals surface area (Å²) in [6.45, 7) is 0.730. The molecule has 4 aromatic rings. The number of rotatable bonds is 8. The number of fused-ring (bicyclic) bond motifs is 1. The Balaban J connectivity index is 1.73. The second-order valence-electron chi connectivity index (χ2n) is 8.26. The van der Waals surface area contributed by atoms with Gasteiger partial charge in [0.05, 0.1) is 28.1 Å². The average Bonchev–Trinajstić information content (AvgIpc) is 3.15. The van der Waals surface area contributed by atoms with Gasteiger partial charge >= 0.3 is 0 Å². The Morgan fingerprint density at radius 1 is 1.13 bits per heavy atom. The van der Waals surface area contributed by atoms with Gasteiger partial charge in [0.15, 0.2) is 5.69 Å². The van der Waals surface area contributed by atoms with E-state index in [-0.39, 0.29) is 33.4 Å². The Hall–Kier alpha value is -4.78. The lowest BCUT2D eigenvalue weighted by Gasteiger charge is -2.23. The molecule has 0 saturated carbocycles. The first kappa shape index (κ1) is 26.3. The first-order valence-electron chi connectivity index (χ1n) is 11.2. The Kier molecular flexibility index (Phi) is 7.12. The highest BCUT2D eigenvalue weighted by atomic mass is 32.2. The summed E-state index contributed by atoms with van der Waals surface area (Å²) in [5.41, 5.74) is 0.729. The third kappa shape index (κ3) is 4.91. The van der Waals surface area contributed by atoms with E-state index in [1.165, 1.54) is 55.0 Å². The number of hydrogen-bond acceptors (Lipinski definition) is 8. The number of hydrogen-bond donors (Lipinski definition) is 1. The molecule has 0 saturated heterocycles. The molecule has 1 N–H and O–H groups in total. The van der Waals surface area contributed by atoms with Gasteiger partial charge in [-0.1, -0.05) is 24.3 Å². The van der Waals surface area contributed by atoms with E-state index >= 15 is 0 Å². The van der Waals surface area contributed by atoms with E-state index < -0.39 is 27.4 Å². The average molecular weight is 538 g/mol. The molecule has 0 spiro atoms. The molecular formula is C25H23N5O7S. The zero-order chi connectivity index (χ0) is 27.6. The van der Waals surface area contributed by atoms with Gasteiger partial charge < -0.3 is 14.4 Å². The van der Waals surface area contributed by atoms with Crippen molar-refractivity contribution in [1.82, 2.24) is 4.57 Å². The highest BCUT2D eigenvalue weighted by Crippen LogP contribution is 2.38. The van der Waals surface area contributed by atoms with Crippen LogP contribution in [0.4, 0.5) is 17.1 Å². The van der Waals surface area contributed by atoms with Gasteiger partial charge in [0.2, 0.25) is 5.88 Å². The van der Waals surface area contributed by atoms with Gasteiger partial charge in [-0.3, -0.25) is 19.2 Å². The van der Waals surface area contributed by atoms with Gasteiger partial charge in [-0.05, 0) is 43.3 Å². The van der Waals surface area contributed by atoms with Gasteiger partial charge in [0.25, 0.3) is 21.6 Å². The van der Waals surface area contributed by atoms with Gasteiger partial charge in [-0.2, -0.15) is 0 Å². The van der Waals surface area contributed by atoms with Crippen molar-refractivity contribution in [2.75, 3.05) is 18.0 Å². The molecule has 0 unspecified atom stereocenters. The molecule has 3 aromatic carbocycles. The van der Waals surface area contributed by atoms with Gasteiger partial charge in [0.1, 0.15) is 12.3 Å². The maximum atomic E-state index is 13.6. The lowest BCUT2D eigenvalue weighted by atomic mass is 10.2. The van der Waals surface area contributed by atoms with E-state index in [4.69, 9.17) is 4.74 Å². The molecule has 12 nitrogen and oxygen atoms in total. The van der Waals surface area contributed by atoms with Crippen LogP contribution in [0.3, 0.4) is 0 Å². The lowest BCUT2D eigenvalue weighted by molar-refractivity contribution is -0.385. The molecule has 0 bridgehead atoms. The smallest absolute Gasteiger partial charge is 0.285 e. The van der Waals surface area contributed by atoms with E-state index in [0.717, 1.165) is 10.4 Å². The highest BCUT2D eigenvalue weighted by Gasteiger charge is 2.29. The van der Waals surface area contributed by atoms with E-state index in [0.29, 0.717) is 16.7 Å². The number of ether oxygens (including phenoxy) is 1. The molecular weight excluding hydrogens is 514 g/mol. The number of aryl methyl sites for hydroxylation is 2. The van der Waals surface area contributed by atoms with Gasteiger partial charge in [-0.15, -0.1) is 10.2 Å². The van der Waals surface area contributed by atoms with Crippen molar-refractivity contribution >= 4 is 43.9 Å². The first-order chi connectivity index (χ1) is 18.0. The number of para-hydroxylation sites is 1. The van der Waals surface area contributed by atoms with Crippen molar-refractivity contribution in [2.45, 2.75) is 11.8 Å². The summed E-state index contributed by atoms with van der Waals surface area (Å²) in [6.07, 6.45) is 0. The van der Waals surface area contributed by atoms with E-state index in [1.54, 1.807) is 31.3 Å². The van der Waals surface area contributed by atoms with Crippen LogP contribution in [0.5, 0.6) is 11.6 Å². The number of amides is 1.